The molecule has 0 spiro atoms. The molecule has 1 saturated heterocycles. The van der Waals surface area contributed by atoms with Gasteiger partial charge in [-0.05, 0) is 57.5 Å². The maximum absolute atomic E-state index is 10.6. The van der Waals surface area contributed by atoms with Crippen LogP contribution < -0.4 is 0 Å². The van der Waals surface area contributed by atoms with E-state index in [1.54, 1.807) is 12.4 Å². The Morgan fingerprint density at radius 2 is 1.74 bits per heavy atom. The normalized spacial score (nSPS) is 19.9. The summed E-state index contributed by atoms with van der Waals surface area (Å²) in [6.45, 7) is 6.56. The summed E-state index contributed by atoms with van der Waals surface area (Å²) < 4.78 is 0. The molecule has 19 heavy (non-hydrogen) atoms. The van der Waals surface area contributed by atoms with E-state index < -0.39 is 0 Å². The number of aromatic nitrogens is 1. The topological polar surface area (TPSA) is 36.4 Å². The lowest BCUT2D eigenvalue weighted by molar-refractivity contribution is -0.00787. The summed E-state index contributed by atoms with van der Waals surface area (Å²) in [7, 11) is 0. The van der Waals surface area contributed by atoms with Gasteiger partial charge < -0.3 is 5.11 Å². The highest BCUT2D eigenvalue weighted by Gasteiger charge is 2.34. The quantitative estimate of drug-likeness (QED) is 0.906. The summed E-state index contributed by atoms with van der Waals surface area (Å²) >= 11 is 0. The van der Waals surface area contributed by atoms with Crippen LogP contribution in [0, 0.1) is 0 Å². The number of aliphatic hydroxyl groups excluding tert-OH is 1. The van der Waals surface area contributed by atoms with E-state index in [2.05, 4.69) is 23.7 Å². The molecule has 0 bridgehead atoms. The average Bonchev–Trinajstić information content (AvgIpc) is 2.69. The highest BCUT2D eigenvalue weighted by atomic mass is 16.3. The molecule has 3 heteroatoms. The SMILES string of the molecule is CC(C)(C(O)Cc1ccncc1)N1CCCCCC1. The van der Waals surface area contributed by atoms with Crippen molar-refractivity contribution in [3.63, 3.8) is 0 Å². The number of hydrogen-bond acceptors (Lipinski definition) is 3. The Morgan fingerprint density at radius 3 is 2.32 bits per heavy atom. The molecule has 0 saturated carbocycles. The van der Waals surface area contributed by atoms with Gasteiger partial charge in [0, 0.05) is 24.4 Å². The Morgan fingerprint density at radius 1 is 1.16 bits per heavy atom. The Hall–Kier alpha value is -0.930. The molecule has 0 aliphatic carbocycles. The first-order chi connectivity index (χ1) is 9.10. The number of rotatable bonds is 4. The largest absolute Gasteiger partial charge is 0.391 e. The fourth-order valence-corrected chi connectivity index (χ4v) is 2.85. The van der Waals surface area contributed by atoms with Crippen molar-refractivity contribution in [3.8, 4) is 0 Å². The van der Waals surface area contributed by atoms with Crippen LogP contribution >= 0.6 is 0 Å². The lowest BCUT2D eigenvalue weighted by Crippen LogP contribution is -2.53. The van der Waals surface area contributed by atoms with Crippen LogP contribution in [0.4, 0.5) is 0 Å². The molecule has 0 aromatic carbocycles. The van der Waals surface area contributed by atoms with E-state index in [4.69, 9.17) is 0 Å². The molecule has 1 aromatic heterocycles. The molecule has 106 valence electrons. The smallest absolute Gasteiger partial charge is 0.0758 e. The molecule has 1 N–H and O–H groups in total. The summed E-state index contributed by atoms with van der Waals surface area (Å²) in [6, 6.07) is 3.98. The van der Waals surface area contributed by atoms with Crippen molar-refractivity contribution in [1.82, 2.24) is 9.88 Å². The van der Waals surface area contributed by atoms with Crippen LogP contribution in [0.15, 0.2) is 24.5 Å². The molecular formula is C16H26N2O. The zero-order valence-corrected chi connectivity index (χ0v) is 12.2. The minimum absolute atomic E-state index is 0.159. The van der Waals surface area contributed by atoms with Crippen LogP contribution in [-0.4, -0.2) is 39.7 Å². The van der Waals surface area contributed by atoms with Crippen LogP contribution in [0.2, 0.25) is 0 Å². The Labute approximate surface area is 116 Å². The molecule has 1 aliphatic rings. The van der Waals surface area contributed by atoms with Crippen LogP contribution in [-0.2, 0) is 6.42 Å². The van der Waals surface area contributed by atoms with Gasteiger partial charge in [0.05, 0.1) is 6.10 Å². The molecule has 1 aromatic rings. The third kappa shape index (κ3) is 3.77. The van der Waals surface area contributed by atoms with Crippen molar-refractivity contribution < 1.29 is 5.11 Å². The fourth-order valence-electron chi connectivity index (χ4n) is 2.85. The number of pyridine rings is 1. The second-order valence-corrected chi connectivity index (χ2v) is 6.13. The van der Waals surface area contributed by atoms with Crippen LogP contribution in [0.1, 0.15) is 45.1 Å². The molecular weight excluding hydrogens is 236 g/mol. The van der Waals surface area contributed by atoms with Crippen LogP contribution in [0.25, 0.3) is 0 Å². The van der Waals surface area contributed by atoms with Gasteiger partial charge in [0.1, 0.15) is 0 Å². The van der Waals surface area contributed by atoms with E-state index in [9.17, 15) is 5.11 Å². The van der Waals surface area contributed by atoms with E-state index in [1.807, 2.05) is 12.1 Å². The summed E-state index contributed by atoms with van der Waals surface area (Å²) in [5.41, 5.74) is 0.999. The van der Waals surface area contributed by atoms with Crippen LogP contribution in [0.3, 0.4) is 0 Å². The van der Waals surface area contributed by atoms with Gasteiger partial charge in [0.2, 0.25) is 0 Å². The molecule has 1 aliphatic heterocycles. The molecule has 3 nitrogen and oxygen atoms in total. The maximum atomic E-state index is 10.6. The van der Waals surface area contributed by atoms with Gasteiger partial charge in [0.15, 0.2) is 0 Å². The van der Waals surface area contributed by atoms with Crippen molar-refractivity contribution in [2.45, 2.75) is 57.6 Å². The summed E-state index contributed by atoms with van der Waals surface area (Å²) in [5, 5.41) is 10.6. The zero-order valence-electron chi connectivity index (χ0n) is 12.2. The van der Waals surface area contributed by atoms with E-state index in [1.165, 1.54) is 25.7 Å². The number of likely N-dealkylation sites (tertiary alicyclic amines) is 1. The van der Waals surface area contributed by atoms with Crippen molar-refractivity contribution in [3.05, 3.63) is 30.1 Å². The second-order valence-electron chi connectivity index (χ2n) is 6.13. The van der Waals surface area contributed by atoms with Crippen molar-refractivity contribution >= 4 is 0 Å². The zero-order chi connectivity index (χ0) is 13.7. The highest BCUT2D eigenvalue weighted by Crippen LogP contribution is 2.25. The average molecular weight is 262 g/mol. The Bertz CT molecular complexity index is 370. The number of nitrogens with zero attached hydrogens (tertiary/aromatic N) is 2. The van der Waals surface area contributed by atoms with Gasteiger partial charge in [-0.3, -0.25) is 9.88 Å². The van der Waals surface area contributed by atoms with E-state index in [-0.39, 0.29) is 11.6 Å². The van der Waals surface area contributed by atoms with Crippen molar-refractivity contribution in [2.75, 3.05) is 13.1 Å². The summed E-state index contributed by atoms with van der Waals surface area (Å²) in [6.07, 6.45) is 9.11. The third-order valence-electron chi connectivity index (χ3n) is 4.41. The van der Waals surface area contributed by atoms with E-state index >= 15 is 0 Å². The fraction of sp³-hybridized carbons (Fsp3) is 0.688. The summed E-state index contributed by atoms with van der Waals surface area (Å²) in [5.74, 6) is 0. The molecule has 2 heterocycles. The van der Waals surface area contributed by atoms with Gasteiger partial charge in [-0.25, -0.2) is 0 Å². The Balaban J connectivity index is 2.00. The lowest BCUT2D eigenvalue weighted by atomic mass is 9.90. The van der Waals surface area contributed by atoms with Gasteiger partial charge in [-0.1, -0.05) is 12.8 Å². The van der Waals surface area contributed by atoms with Gasteiger partial charge in [-0.2, -0.15) is 0 Å². The molecule has 1 unspecified atom stereocenters. The first kappa shape index (κ1) is 14.5. The predicted octanol–water partition coefficient (Wildman–Crippen LogP) is 2.64. The number of aliphatic hydroxyl groups is 1. The van der Waals surface area contributed by atoms with Crippen molar-refractivity contribution in [2.24, 2.45) is 0 Å². The maximum Gasteiger partial charge on any atom is 0.0758 e. The van der Waals surface area contributed by atoms with E-state index in [0.29, 0.717) is 6.42 Å². The first-order valence-corrected chi connectivity index (χ1v) is 7.43. The minimum atomic E-state index is -0.340. The monoisotopic (exact) mass is 262 g/mol. The van der Waals surface area contributed by atoms with Crippen LogP contribution in [0.5, 0.6) is 0 Å². The van der Waals surface area contributed by atoms with Gasteiger partial charge in [-0.15, -0.1) is 0 Å². The van der Waals surface area contributed by atoms with Crippen molar-refractivity contribution in [1.29, 1.82) is 0 Å². The third-order valence-corrected chi connectivity index (χ3v) is 4.41. The molecule has 0 radical (unpaired) electrons. The number of hydrogen-bond donors (Lipinski definition) is 1. The second kappa shape index (κ2) is 6.49. The highest BCUT2D eigenvalue weighted by molar-refractivity contribution is 5.12. The van der Waals surface area contributed by atoms with Gasteiger partial charge >= 0.3 is 0 Å². The minimum Gasteiger partial charge on any atom is -0.391 e. The standard InChI is InChI=1S/C16H26N2O/c1-16(2,18-11-5-3-4-6-12-18)15(19)13-14-7-9-17-10-8-14/h7-10,15,19H,3-6,11-13H2,1-2H3. The lowest BCUT2D eigenvalue weighted by Gasteiger charge is -2.41. The molecule has 1 atom stereocenters. The predicted molar refractivity (Wildman–Crippen MR) is 78.1 cm³/mol. The molecule has 1 fully saturated rings. The molecule has 0 amide bonds. The molecule has 2 rings (SSSR count). The summed E-state index contributed by atoms with van der Waals surface area (Å²) in [4.78, 5) is 6.49. The first-order valence-electron chi connectivity index (χ1n) is 7.43. The Kier molecular flexibility index (Phi) is 4.94. The van der Waals surface area contributed by atoms with Gasteiger partial charge in [0.25, 0.3) is 0 Å². The van der Waals surface area contributed by atoms with E-state index in [0.717, 1.165) is 18.7 Å².